The molecule has 0 heterocycles. The summed E-state index contributed by atoms with van der Waals surface area (Å²) in [5, 5.41) is 0. The average Bonchev–Trinajstić information content (AvgIpc) is 2.35. The van der Waals surface area contributed by atoms with E-state index in [1.54, 1.807) is 7.11 Å². The van der Waals surface area contributed by atoms with Crippen LogP contribution in [0.3, 0.4) is 0 Å². The lowest BCUT2D eigenvalue weighted by Crippen LogP contribution is -2.09. The van der Waals surface area contributed by atoms with Crippen LogP contribution in [0.1, 0.15) is 5.56 Å². The molecule has 1 aliphatic rings. The second kappa shape index (κ2) is 4.78. The average molecular weight is 228 g/mol. The van der Waals surface area contributed by atoms with E-state index in [1.165, 1.54) is 18.2 Å². The maximum Gasteiger partial charge on any atom is 0.182 e. The lowest BCUT2D eigenvalue weighted by Gasteiger charge is -2.07. The monoisotopic (exact) mass is 228 g/mol. The molecule has 0 spiro atoms. The topological polar surface area (TPSA) is 43.4 Å². The molecule has 0 aliphatic heterocycles. The summed E-state index contributed by atoms with van der Waals surface area (Å²) in [5.41, 5.74) is 1.51. The van der Waals surface area contributed by atoms with Gasteiger partial charge in [-0.25, -0.2) is 0 Å². The number of methoxy groups -OCH3 is 1. The van der Waals surface area contributed by atoms with E-state index in [-0.39, 0.29) is 11.6 Å². The molecule has 0 saturated carbocycles. The maximum atomic E-state index is 11.5. The third kappa shape index (κ3) is 2.69. The quantitative estimate of drug-likeness (QED) is 0.742. The van der Waals surface area contributed by atoms with Crippen LogP contribution in [0.25, 0.3) is 0 Å². The first kappa shape index (κ1) is 11.3. The van der Waals surface area contributed by atoms with Crippen molar-refractivity contribution in [3.05, 3.63) is 53.6 Å². The van der Waals surface area contributed by atoms with Crippen molar-refractivity contribution in [2.24, 2.45) is 0 Å². The number of carbonyl (C=O) groups is 2. The van der Waals surface area contributed by atoms with Crippen molar-refractivity contribution in [3.8, 4) is 5.75 Å². The van der Waals surface area contributed by atoms with Gasteiger partial charge in [-0.3, -0.25) is 9.59 Å². The Morgan fingerprint density at radius 1 is 1.06 bits per heavy atom. The number of ether oxygens (including phenoxy) is 1. The fraction of sp³-hybridized carbons (Fsp3) is 0.143. The first-order chi connectivity index (χ1) is 8.19. The third-order valence-corrected chi connectivity index (χ3v) is 2.59. The summed E-state index contributed by atoms with van der Waals surface area (Å²) < 4.78 is 5.05. The first-order valence-corrected chi connectivity index (χ1v) is 5.29. The van der Waals surface area contributed by atoms with Crippen LogP contribution in [0.2, 0.25) is 0 Å². The van der Waals surface area contributed by atoms with Gasteiger partial charge in [-0.15, -0.1) is 0 Å². The zero-order chi connectivity index (χ0) is 12.3. The van der Waals surface area contributed by atoms with Crippen LogP contribution in [-0.2, 0) is 16.0 Å². The van der Waals surface area contributed by atoms with Crippen LogP contribution in [0.15, 0.2) is 48.1 Å². The molecule has 0 atom stereocenters. The Bertz CT molecular complexity index is 507. The fourth-order valence-corrected chi connectivity index (χ4v) is 1.66. The van der Waals surface area contributed by atoms with Gasteiger partial charge in [-0.05, 0) is 35.9 Å². The lowest BCUT2D eigenvalue weighted by molar-refractivity contribution is -0.114. The Labute approximate surface area is 99.4 Å². The van der Waals surface area contributed by atoms with E-state index in [2.05, 4.69) is 0 Å². The van der Waals surface area contributed by atoms with Gasteiger partial charge < -0.3 is 4.74 Å². The van der Waals surface area contributed by atoms with E-state index >= 15 is 0 Å². The van der Waals surface area contributed by atoms with Gasteiger partial charge in [0.05, 0.1) is 7.11 Å². The highest BCUT2D eigenvalue weighted by molar-refractivity contribution is 6.17. The molecule has 3 heteroatoms. The van der Waals surface area contributed by atoms with Crippen LogP contribution in [0.5, 0.6) is 5.75 Å². The molecule has 0 bridgehead atoms. The molecule has 0 aromatic heterocycles. The fourth-order valence-electron chi connectivity index (χ4n) is 1.66. The number of ketones is 2. The van der Waals surface area contributed by atoms with Crippen molar-refractivity contribution in [1.29, 1.82) is 0 Å². The number of carbonyl (C=O) groups excluding carboxylic acids is 2. The summed E-state index contributed by atoms with van der Waals surface area (Å²) in [6.07, 6.45) is 4.48. The second-order valence-electron chi connectivity index (χ2n) is 3.79. The van der Waals surface area contributed by atoms with E-state index in [4.69, 9.17) is 4.74 Å². The van der Waals surface area contributed by atoms with Crippen molar-refractivity contribution in [1.82, 2.24) is 0 Å². The summed E-state index contributed by atoms with van der Waals surface area (Å²) in [6.45, 7) is 0. The van der Waals surface area contributed by atoms with Gasteiger partial charge >= 0.3 is 0 Å². The molecule has 86 valence electrons. The van der Waals surface area contributed by atoms with Crippen molar-refractivity contribution in [2.75, 3.05) is 7.11 Å². The lowest BCUT2D eigenvalue weighted by atomic mass is 9.97. The van der Waals surface area contributed by atoms with Crippen LogP contribution in [0, 0.1) is 0 Å². The third-order valence-electron chi connectivity index (χ3n) is 2.59. The second-order valence-corrected chi connectivity index (χ2v) is 3.79. The van der Waals surface area contributed by atoms with Gasteiger partial charge in [0.1, 0.15) is 5.75 Å². The van der Waals surface area contributed by atoms with E-state index in [1.807, 2.05) is 24.3 Å². The van der Waals surface area contributed by atoms with Gasteiger partial charge in [0.25, 0.3) is 0 Å². The molecular formula is C14H12O3. The van der Waals surface area contributed by atoms with Gasteiger partial charge in [-0.2, -0.15) is 0 Å². The Morgan fingerprint density at radius 2 is 1.76 bits per heavy atom. The van der Waals surface area contributed by atoms with Crippen molar-refractivity contribution < 1.29 is 14.3 Å². The highest BCUT2D eigenvalue weighted by atomic mass is 16.5. The number of hydrogen-bond donors (Lipinski definition) is 0. The number of allylic oxidation sites excluding steroid dienone is 4. The minimum Gasteiger partial charge on any atom is -0.497 e. The van der Waals surface area contributed by atoms with E-state index in [9.17, 15) is 9.59 Å². The molecule has 0 amide bonds. The molecule has 17 heavy (non-hydrogen) atoms. The molecule has 2 rings (SSSR count). The van der Waals surface area contributed by atoms with E-state index in [0.29, 0.717) is 12.0 Å². The molecule has 0 saturated heterocycles. The normalized spacial score (nSPS) is 14.8. The molecule has 1 aliphatic carbocycles. The Morgan fingerprint density at radius 3 is 2.41 bits per heavy atom. The van der Waals surface area contributed by atoms with Gasteiger partial charge in [0.15, 0.2) is 11.6 Å². The minimum atomic E-state index is -0.131. The molecular weight excluding hydrogens is 216 g/mol. The number of benzene rings is 1. The SMILES string of the molecule is COc1ccc(CC2=CC(=O)C=CC2=O)cc1. The number of rotatable bonds is 3. The first-order valence-electron chi connectivity index (χ1n) is 5.29. The van der Waals surface area contributed by atoms with E-state index < -0.39 is 0 Å². The predicted molar refractivity (Wildman–Crippen MR) is 63.9 cm³/mol. The summed E-state index contributed by atoms with van der Waals surface area (Å²) in [4.78, 5) is 22.7. The molecule has 3 nitrogen and oxygen atoms in total. The zero-order valence-corrected chi connectivity index (χ0v) is 9.47. The zero-order valence-electron chi connectivity index (χ0n) is 9.47. The summed E-state index contributed by atoms with van der Waals surface area (Å²) in [5.74, 6) is 0.544. The highest BCUT2D eigenvalue weighted by Gasteiger charge is 2.13. The molecule has 1 aromatic carbocycles. The molecule has 0 radical (unpaired) electrons. The van der Waals surface area contributed by atoms with Crippen molar-refractivity contribution in [3.63, 3.8) is 0 Å². The molecule has 0 fully saturated rings. The van der Waals surface area contributed by atoms with E-state index in [0.717, 1.165) is 11.3 Å². The Hall–Kier alpha value is -2.16. The van der Waals surface area contributed by atoms with Gasteiger partial charge in [-0.1, -0.05) is 12.1 Å². The Kier molecular flexibility index (Phi) is 3.19. The smallest absolute Gasteiger partial charge is 0.182 e. The largest absolute Gasteiger partial charge is 0.497 e. The molecule has 1 aromatic rings. The summed E-state index contributed by atoms with van der Waals surface area (Å²) in [6, 6.07) is 7.44. The van der Waals surface area contributed by atoms with Gasteiger partial charge in [0.2, 0.25) is 0 Å². The minimum absolute atomic E-state index is 0.0968. The summed E-state index contributed by atoms with van der Waals surface area (Å²) in [7, 11) is 1.60. The Balaban J connectivity index is 2.15. The van der Waals surface area contributed by atoms with Crippen LogP contribution < -0.4 is 4.74 Å². The van der Waals surface area contributed by atoms with Crippen molar-refractivity contribution >= 4 is 11.6 Å². The standard InChI is InChI=1S/C14H12O3/c1-17-13-5-2-10(3-6-13)8-11-9-12(15)4-7-14(11)16/h2-7,9H,8H2,1H3. The van der Waals surface area contributed by atoms with Crippen LogP contribution >= 0.6 is 0 Å². The van der Waals surface area contributed by atoms with Crippen molar-refractivity contribution in [2.45, 2.75) is 6.42 Å². The maximum absolute atomic E-state index is 11.5. The summed E-state index contributed by atoms with van der Waals surface area (Å²) >= 11 is 0. The number of hydrogen-bond acceptors (Lipinski definition) is 3. The molecule has 0 unspecified atom stereocenters. The van der Waals surface area contributed by atoms with Crippen LogP contribution in [0.4, 0.5) is 0 Å². The highest BCUT2D eigenvalue weighted by Crippen LogP contribution is 2.16. The van der Waals surface area contributed by atoms with Crippen LogP contribution in [-0.4, -0.2) is 18.7 Å². The van der Waals surface area contributed by atoms with Gasteiger partial charge in [0, 0.05) is 12.0 Å². The molecule has 0 N–H and O–H groups in total. The predicted octanol–water partition coefficient (Wildman–Crippen LogP) is 1.87.